The summed E-state index contributed by atoms with van der Waals surface area (Å²) in [6, 6.07) is 0. The second-order valence-electron chi connectivity index (χ2n) is 2.88. The van der Waals surface area contributed by atoms with Crippen LogP contribution in [-0.2, 0) is 4.79 Å². The molecule has 0 saturated heterocycles. The molecule has 3 nitrogen and oxygen atoms in total. The molecule has 0 heterocycles. The number of hydrogen-bond acceptors (Lipinski definition) is 2. The summed E-state index contributed by atoms with van der Waals surface area (Å²) in [5.74, 6) is 0.105. The third kappa shape index (κ3) is 7.54. The Morgan fingerprint density at radius 3 is 2.50 bits per heavy atom. The molecule has 72 valence electrons. The zero-order valence-corrected chi connectivity index (χ0v) is 8.15. The fourth-order valence-corrected chi connectivity index (χ4v) is 0.831. The van der Waals surface area contributed by atoms with E-state index in [1.54, 1.807) is 0 Å². The van der Waals surface area contributed by atoms with Gasteiger partial charge in [0.15, 0.2) is 0 Å². The van der Waals surface area contributed by atoms with E-state index in [-0.39, 0.29) is 5.91 Å². The van der Waals surface area contributed by atoms with Gasteiger partial charge in [-0.05, 0) is 19.4 Å². The highest BCUT2D eigenvalue weighted by atomic mass is 16.1. The third-order valence-electron chi connectivity index (χ3n) is 1.56. The van der Waals surface area contributed by atoms with Crippen molar-refractivity contribution < 1.29 is 4.79 Å². The van der Waals surface area contributed by atoms with E-state index in [2.05, 4.69) is 17.6 Å². The lowest BCUT2D eigenvalue weighted by Crippen LogP contribution is -2.34. The normalized spacial score (nSPS) is 9.83. The van der Waals surface area contributed by atoms with Gasteiger partial charge in [0.25, 0.3) is 0 Å². The van der Waals surface area contributed by atoms with Crippen molar-refractivity contribution in [1.29, 1.82) is 0 Å². The highest BCUT2D eigenvalue weighted by molar-refractivity contribution is 5.77. The van der Waals surface area contributed by atoms with Gasteiger partial charge in [-0.2, -0.15) is 0 Å². The molecule has 1 amide bonds. The standard InChI is InChI=1S/C9H20N2O/c1-3-5-7-10-8-9(12)11-6-4-2/h10H,3-8H2,1-2H3,(H,11,12). The highest BCUT2D eigenvalue weighted by Crippen LogP contribution is 1.81. The molecular formula is C9H20N2O. The lowest BCUT2D eigenvalue weighted by Gasteiger charge is -2.04. The van der Waals surface area contributed by atoms with Crippen LogP contribution in [0, 0.1) is 0 Å². The first-order valence-electron chi connectivity index (χ1n) is 4.78. The van der Waals surface area contributed by atoms with Gasteiger partial charge >= 0.3 is 0 Å². The fourth-order valence-electron chi connectivity index (χ4n) is 0.831. The van der Waals surface area contributed by atoms with Crippen LogP contribution in [0.2, 0.25) is 0 Å². The largest absolute Gasteiger partial charge is 0.355 e. The van der Waals surface area contributed by atoms with Crippen LogP contribution in [-0.4, -0.2) is 25.5 Å². The Hall–Kier alpha value is -0.570. The van der Waals surface area contributed by atoms with Gasteiger partial charge < -0.3 is 10.6 Å². The van der Waals surface area contributed by atoms with Gasteiger partial charge in [-0.25, -0.2) is 0 Å². The predicted octanol–water partition coefficient (Wildman–Crippen LogP) is 0.902. The van der Waals surface area contributed by atoms with Crippen LogP contribution in [0.5, 0.6) is 0 Å². The van der Waals surface area contributed by atoms with Crippen molar-refractivity contribution in [3.63, 3.8) is 0 Å². The van der Waals surface area contributed by atoms with E-state index in [4.69, 9.17) is 0 Å². The Kier molecular flexibility index (Phi) is 8.12. The number of nitrogens with one attached hydrogen (secondary N) is 2. The lowest BCUT2D eigenvalue weighted by atomic mass is 10.3. The first kappa shape index (κ1) is 11.4. The molecule has 0 bridgehead atoms. The van der Waals surface area contributed by atoms with Crippen molar-refractivity contribution in [3.8, 4) is 0 Å². The average Bonchev–Trinajstić information content (AvgIpc) is 2.09. The Bertz CT molecular complexity index is 115. The molecule has 0 spiro atoms. The van der Waals surface area contributed by atoms with Crippen LogP contribution in [0.1, 0.15) is 33.1 Å². The zero-order valence-electron chi connectivity index (χ0n) is 8.15. The zero-order chi connectivity index (χ0) is 9.23. The van der Waals surface area contributed by atoms with Gasteiger partial charge in [0.05, 0.1) is 6.54 Å². The average molecular weight is 172 g/mol. The van der Waals surface area contributed by atoms with E-state index < -0.39 is 0 Å². The van der Waals surface area contributed by atoms with Crippen molar-refractivity contribution in [2.45, 2.75) is 33.1 Å². The number of unbranched alkanes of at least 4 members (excludes halogenated alkanes) is 1. The smallest absolute Gasteiger partial charge is 0.233 e. The molecule has 0 rings (SSSR count). The maximum absolute atomic E-state index is 11.0. The number of hydrogen-bond donors (Lipinski definition) is 2. The second kappa shape index (κ2) is 8.53. The Balaban J connectivity index is 3.08. The minimum Gasteiger partial charge on any atom is -0.355 e. The number of rotatable bonds is 7. The van der Waals surface area contributed by atoms with Crippen molar-refractivity contribution in [3.05, 3.63) is 0 Å². The molecule has 0 atom stereocenters. The highest BCUT2D eigenvalue weighted by Gasteiger charge is 1.96. The van der Waals surface area contributed by atoms with Crippen molar-refractivity contribution >= 4 is 5.91 Å². The molecule has 0 fully saturated rings. The summed E-state index contributed by atoms with van der Waals surface area (Å²) in [6.45, 7) is 6.37. The van der Waals surface area contributed by atoms with Crippen LogP contribution >= 0.6 is 0 Å². The first-order chi connectivity index (χ1) is 5.81. The molecule has 0 aromatic rings. The van der Waals surface area contributed by atoms with Crippen LogP contribution in [0.3, 0.4) is 0 Å². The maximum Gasteiger partial charge on any atom is 0.233 e. The van der Waals surface area contributed by atoms with E-state index in [1.165, 1.54) is 6.42 Å². The quantitative estimate of drug-likeness (QED) is 0.560. The lowest BCUT2D eigenvalue weighted by molar-refractivity contribution is -0.120. The molecular weight excluding hydrogens is 152 g/mol. The van der Waals surface area contributed by atoms with Gasteiger partial charge in [0.2, 0.25) is 5.91 Å². The van der Waals surface area contributed by atoms with Crippen molar-refractivity contribution in [2.75, 3.05) is 19.6 Å². The topological polar surface area (TPSA) is 41.1 Å². The van der Waals surface area contributed by atoms with Gasteiger partial charge in [-0.15, -0.1) is 0 Å². The van der Waals surface area contributed by atoms with Gasteiger partial charge in [-0.1, -0.05) is 20.3 Å². The monoisotopic (exact) mass is 172 g/mol. The molecule has 0 aliphatic rings. The summed E-state index contributed by atoms with van der Waals surface area (Å²) >= 11 is 0. The summed E-state index contributed by atoms with van der Waals surface area (Å²) < 4.78 is 0. The maximum atomic E-state index is 11.0. The first-order valence-corrected chi connectivity index (χ1v) is 4.78. The number of carbonyl (C=O) groups is 1. The molecule has 0 aromatic heterocycles. The van der Waals surface area contributed by atoms with Gasteiger partial charge in [-0.3, -0.25) is 4.79 Å². The molecule has 3 heteroatoms. The Morgan fingerprint density at radius 2 is 1.92 bits per heavy atom. The van der Waals surface area contributed by atoms with Gasteiger partial charge in [0.1, 0.15) is 0 Å². The summed E-state index contributed by atoms with van der Waals surface area (Å²) in [6.07, 6.45) is 3.31. The minimum absolute atomic E-state index is 0.105. The van der Waals surface area contributed by atoms with E-state index >= 15 is 0 Å². The molecule has 0 unspecified atom stereocenters. The molecule has 2 N–H and O–H groups in total. The number of carbonyl (C=O) groups excluding carboxylic acids is 1. The summed E-state index contributed by atoms with van der Waals surface area (Å²) in [7, 11) is 0. The SMILES string of the molecule is CCCCNCC(=O)NCCC. The van der Waals surface area contributed by atoms with E-state index in [0.717, 1.165) is 25.9 Å². The Labute approximate surface area is 74.9 Å². The van der Waals surface area contributed by atoms with Crippen LogP contribution in [0.4, 0.5) is 0 Å². The molecule has 0 aromatic carbocycles. The number of amides is 1. The van der Waals surface area contributed by atoms with E-state index in [0.29, 0.717) is 6.54 Å². The molecule has 0 saturated carbocycles. The molecule has 12 heavy (non-hydrogen) atoms. The fraction of sp³-hybridized carbons (Fsp3) is 0.889. The summed E-state index contributed by atoms with van der Waals surface area (Å²) in [4.78, 5) is 11.0. The van der Waals surface area contributed by atoms with E-state index in [9.17, 15) is 4.79 Å². The Morgan fingerprint density at radius 1 is 1.17 bits per heavy atom. The van der Waals surface area contributed by atoms with Crippen LogP contribution < -0.4 is 10.6 Å². The van der Waals surface area contributed by atoms with Crippen LogP contribution in [0.25, 0.3) is 0 Å². The van der Waals surface area contributed by atoms with Crippen molar-refractivity contribution in [2.24, 2.45) is 0 Å². The summed E-state index contributed by atoms with van der Waals surface area (Å²) in [5, 5.41) is 5.89. The second-order valence-corrected chi connectivity index (χ2v) is 2.88. The van der Waals surface area contributed by atoms with Crippen LogP contribution in [0.15, 0.2) is 0 Å². The minimum atomic E-state index is 0.105. The van der Waals surface area contributed by atoms with E-state index in [1.807, 2.05) is 6.92 Å². The van der Waals surface area contributed by atoms with Gasteiger partial charge in [0, 0.05) is 6.54 Å². The molecule has 0 aliphatic carbocycles. The van der Waals surface area contributed by atoms with Crippen molar-refractivity contribution in [1.82, 2.24) is 10.6 Å². The third-order valence-corrected chi connectivity index (χ3v) is 1.56. The molecule has 0 radical (unpaired) electrons. The predicted molar refractivity (Wildman–Crippen MR) is 51.1 cm³/mol. The molecule has 0 aliphatic heterocycles. The summed E-state index contributed by atoms with van der Waals surface area (Å²) in [5.41, 5.74) is 0.